The van der Waals surface area contributed by atoms with Gasteiger partial charge in [0.2, 0.25) is 0 Å². The number of ether oxygens (including phenoxy) is 1. The maximum atomic E-state index is 12.1. The van der Waals surface area contributed by atoms with Crippen LogP contribution in [0.1, 0.15) is 18.1 Å². The Hall–Kier alpha value is -1.15. The molecule has 0 aliphatic carbocycles. The quantitative estimate of drug-likeness (QED) is 0.799. The van der Waals surface area contributed by atoms with Crippen molar-refractivity contribution in [1.29, 1.82) is 0 Å². The monoisotopic (exact) mass is 267 g/mol. The molecule has 0 amide bonds. The van der Waals surface area contributed by atoms with Gasteiger partial charge in [-0.2, -0.15) is 18.3 Å². The number of aromatic nitrogens is 3. The first-order chi connectivity index (χ1) is 8.46. The van der Waals surface area contributed by atoms with Crippen LogP contribution in [0.2, 0.25) is 0 Å². The van der Waals surface area contributed by atoms with Crippen molar-refractivity contribution in [3.8, 4) is 0 Å². The molecule has 1 N–H and O–H groups in total. The first-order valence-electron chi connectivity index (χ1n) is 5.55. The normalized spacial score (nSPS) is 12.1. The fourth-order valence-corrected chi connectivity index (χ4v) is 1.44. The molecule has 0 spiro atoms. The minimum atomic E-state index is -4.22. The minimum absolute atomic E-state index is 0.146. The van der Waals surface area contributed by atoms with Crippen LogP contribution >= 0.6 is 0 Å². The van der Waals surface area contributed by atoms with Gasteiger partial charge in [-0.05, 0) is 0 Å². The lowest BCUT2D eigenvalue weighted by atomic mass is 10.3. The van der Waals surface area contributed by atoms with Crippen LogP contribution < -0.4 is 0 Å². The van der Waals surface area contributed by atoms with E-state index in [2.05, 4.69) is 10.1 Å². The lowest BCUT2D eigenvalue weighted by Gasteiger charge is -2.06. The molecular weight excluding hydrogens is 251 g/mol. The highest BCUT2D eigenvalue weighted by molar-refractivity contribution is 4.94. The van der Waals surface area contributed by atoms with Crippen LogP contribution in [0.5, 0.6) is 0 Å². The average molecular weight is 267 g/mol. The van der Waals surface area contributed by atoms with Gasteiger partial charge < -0.3 is 9.84 Å². The number of methoxy groups -OCH3 is 1. The molecule has 0 atom stereocenters. The van der Waals surface area contributed by atoms with Gasteiger partial charge in [-0.1, -0.05) is 0 Å². The molecule has 1 heterocycles. The Bertz CT molecular complexity index is 366. The van der Waals surface area contributed by atoms with Crippen molar-refractivity contribution >= 4 is 0 Å². The van der Waals surface area contributed by atoms with Crippen molar-refractivity contribution in [1.82, 2.24) is 14.8 Å². The summed E-state index contributed by atoms with van der Waals surface area (Å²) in [6.07, 6.45) is -4.96. The lowest BCUT2D eigenvalue weighted by Crippen LogP contribution is -2.13. The van der Waals surface area contributed by atoms with E-state index in [-0.39, 0.29) is 25.4 Å². The Morgan fingerprint density at radius 3 is 2.61 bits per heavy atom. The maximum absolute atomic E-state index is 12.1. The van der Waals surface area contributed by atoms with E-state index in [1.54, 1.807) is 0 Å². The molecule has 0 saturated carbocycles. The molecule has 18 heavy (non-hydrogen) atoms. The van der Waals surface area contributed by atoms with Crippen LogP contribution in [0.4, 0.5) is 13.2 Å². The highest BCUT2D eigenvalue weighted by Gasteiger charge is 2.27. The Labute approximate surface area is 103 Å². The van der Waals surface area contributed by atoms with E-state index >= 15 is 0 Å². The minimum Gasteiger partial charge on any atom is -0.394 e. The average Bonchev–Trinajstić information content (AvgIpc) is 2.66. The molecule has 0 aliphatic rings. The molecule has 0 saturated heterocycles. The summed E-state index contributed by atoms with van der Waals surface area (Å²) in [5.41, 5.74) is 0. The first-order valence-corrected chi connectivity index (χ1v) is 5.55. The molecule has 5 nitrogen and oxygen atoms in total. The van der Waals surface area contributed by atoms with Crippen molar-refractivity contribution in [2.75, 3.05) is 20.3 Å². The summed E-state index contributed by atoms with van der Waals surface area (Å²) < 4.78 is 42.6. The summed E-state index contributed by atoms with van der Waals surface area (Å²) >= 11 is 0. The second-order valence-electron chi connectivity index (χ2n) is 3.75. The van der Waals surface area contributed by atoms with Crippen LogP contribution in [-0.4, -0.2) is 46.4 Å². The summed E-state index contributed by atoms with van der Waals surface area (Å²) in [5, 5.41) is 12.9. The van der Waals surface area contributed by atoms with Crippen molar-refractivity contribution in [3.05, 3.63) is 11.6 Å². The van der Waals surface area contributed by atoms with Gasteiger partial charge in [0.15, 0.2) is 5.82 Å². The molecule has 0 aliphatic heterocycles. The van der Waals surface area contributed by atoms with Gasteiger partial charge in [0.05, 0.1) is 26.2 Å². The molecule has 1 rings (SSSR count). The number of alkyl halides is 3. The standard InChI is InChI=1S/C10H16F3N3O2/c1-18-7-3-8-14-9(2-4-10(11,12)13)16(15-8)5-6-17/h17H,2-7H2,1H3. The number of aliphatic hydroxyl groups excluding tert-OH is 1. The van der Waals surface area contributed by atoms with E-state index in [1.807, 2.05) is 0 Å². The van der Waals surface area contributed by atoms with Crippen LogP contribution in [0.15, 0.2) is 0 Å². The van der Waals surface area contributed by atoms with E-state index in [4.69, 9.17) is 9.84 Å². The second-order valence-corrected chi connectivity index (χ2v) is 3.75. The number of halogens is 3. The fraction of sp³-hybridized carbons (Fsp3) is 0.800. The third-order valence-electron chi connectivity index (χ3n) is 2.27. The molecule has 0 radical (unpaired) electrons. The van der Waals surface area contributed by atoms with Crippen LogP contribution in [0.25, 0.3) is 0 Å². The Morgan fingerprint density at radius 1 is 1.33 bits per heavy atom. The molecule has 0 bridgehead atoms. The number of nitrogens with zero attached hydrogens (tertiary/aromatic N) is 3. The second kappa shape index (κ2) is 6.69. The van der Waals surface area contributed by atoms with E-state index in [0.29, 0.717) is 18.9 Å². The molecule has 8 heteroatoms. The van der Waals surface area contributed by atoms with Gasteiger partial charge in [0, 0.05) is 20.0 Å². The molecule has 1 aromatic rings. The largest absolute Gasteiger partial charge is 0.394 e. The summed E-state index contributed by atoms with van der Waals surface area (Å²) in [6, 6.07) is 0. The zero-order valence-corrected chi connectivity index (χ0v) is 10.1. The van der Waals surface area contributed by atoms with E-state index in [9.17, 15) is 13.2 Å². The SMILES string of the molecule is COCCc1nc(CCC(F)(F)F)n(CCO)n1. The lowest BCUT2D eigenvalue weighted by molar-refractivity contribution is -0.134. The predicted molar refractivity (Wildman–Crippen MR) is 57.1 cm³/mol. The molecule has 1 aromatic heterocycles. The summed E-state index contributed by atoms with van der Waals surface area (Å²) in [7, 11) is 1.52. The maximum Gasteiger partial charge on any atom is 0.389 e. The van der Waals surface area contributed by atoms with Gasteiger partial charge in [0.1, 0.15) is 5.82 Å². The zero-order chi connectivity index (χ0) is 13.6. The van der Waals surface area contributed by atoms with E-state index < -0.39 is 12.6 Å². The first kappa shape index (κ1) is 14.9. The van der Waals surface area contributed by atoms with Gasteiger partial charge in [-0.3, -0.25) is 0 Å². The summed E-state index contributed by atoms with van der Waals surface area (Å²) in [6.45, 7) is 0.362. The third-order valence-corrected chi connectivity index (χ3v) is 2.27. The van der Waals surface area contributed by atoms with Crippen molar-refractivity contribution < 1.29 is 23.0 Å². The Morgan fingerprint density at radius 2 is 2.06 bits per heavy atom. The third kappa shape index (κ3) is 5.01. The van der Waals surface area contributed by atoms with Crippen LogP contribution in [-0.2, 0) is 24.1 Å². The van der Waals surface area contributed by atoms with E-state index in [1.165, 1.54) is 11.8 Å². The molecule has 0 fully saturated rings. The summed E-state index contributed by atoms with van der Waals surface area (Å²) in [4.78, 5) is 4.03. The Kier molecular flexibility index (Phi) is 5.54. The predicted octanol–water partition coefficient (Wildman–Crippen LogP) is 0.954. The number of hydrogen-bond acceptors (Lipinski definition) is 4. The molecule has 0 aromatic carbocycles. The smallest absolute Gasteiger partial charge is 0.389 e. The number of aryl methyl sites for hydroxylation is 1. The van der Waals surface area contributed by atoms with Crippen LogP contribution in [0.3, 0.4) is 0 Å². The molecule has 104 valence electrons. The summed E-state index contributed by atoms with van der Waals surface area (Å²) in [5.74, 6) is 0.676. The topological polar surface area (TPSA) is 60.2 Å². The van der Waals surface area contributed by atoms with Gasteiger partial charge in [-0.25, -0.2) is 9.67 Å². The molecule has 0 unspecified atom stereocenters. The molecular formula is C10H16F3N3O2. The fourth-order valence-electron chi connectivity index (χ4n) is 1.44. The Balaban J connectivity index is 2.70. The van der Waals surface area contributed by atoms with Gasteiger partial charge in [-0.15, -0.1) is 0 Å². The van der Waals surface area contributed by atoms with Gasteiger partial charge in [0.25, 0.3) is 0 Å². The van der Waals surface area contributed by atoms with Crippen LogP contribution in [0, 0.1) is 0 Å². The van der Waals surface area contributed by atoms with Gasteiger partial charge >= 0.3 is 6.18 Å². The number of aliphatic hydroxyl groups is 1. The highest BCUT2D eigenvalue weighted by atomic mass is 19.4. The zero-order valence-electron chi connectivity index (χ0n) is 10.1. The number of rotatable bonds is 7. The highest BCUT2D eigenvalue weighted by Crippen LogP contribution is 2.21. The number of hydrogen-bond donors (Lipinski definition) is 1. The van der Waals surface area contributed by atoms with Crippen molar-refractivity contribution in [2.24, 2.45) is 0 Å². The van der Waals surface area contributed by atoms with E-state index in [0.717, 1.165) is 0 Å². The van der Waals surface area contributed by atoms with Crippen molar-refractivity contribution in [2.45, 2.75) is 32.0 Å². The van der Waals surface area contributed by atoms with Crippen molar-refractivity contribution in [3.63, 3.8) is 0 Å².